The molecule has 6 nitrogen and oxygen atoms in total. The molecular weight excluding hydrogens is 386 g/mol. The Kier molecular flexibility index (Phi) is 7.52. The molecule has 31 heavy (non-hydrogen) atoms. The summed E-state index contributed by atoms with van der Waals surface area (Å²) in [6.45, 7) is 8.09. The van der Waals surface area contributed by atoms with Gasteiger partial charge in [-0.05, 0) is 64.2 Å². The molecule has 2 aliphatic heterocycles. The standard InChI is InChI=1S/C25H35N5O/c1-20-7-5-8-22(17-20)23-18-27-25(28-19-23)30-15-9-21(10-16-30)24(31)26-11-6-14-29-12-3-2-4-13-29/h5,7-8,17-19,21H,2-4,6,9-16H2,1H3,(H,26,31). The zero-order chi connectivity index (χ0) is 21.5. The number of piperidine rings is 2. The molecule has 2 aliphatic rings. The number of rotatable bonds is 7. The predicted molar refractivity (Wildman–Crippen MR) is 125 cm³/mol. The smallest absolute Gasteiger partial charge is 0.225 e. The summed E-state index contributed by atoms with van der Waals surface area (Å²) in [5.41, 5.74) is 3.40. The van der Waals surface area contributed by atoms with Gasteiger partial charge >= 0.3 is 0 Å². The predicted octanol–water partition coefficient (Wildman–Crippen LogP) is 3.66. The molecule has 0 bridgehead atoms. The number of carbonyl (C=O) groups excluding carboxylic acids is 1. The average molecular weight is 422 g/mol. The molecule has 2 aromatic rings. The van der Waals surface area contributed by atoms with Gasteiger partial charge in [0, 0.05) is 43.5 Å². The number of hydrogen-bond acceptors (Lipinski definition) is 5. The summed E-state index contributed by atoms with van der Waals surface area (Å²) in [4.78, 5) is 26.5. The van der Waals surface area contributed by atoms with Crippen LogP contribution in [0.2, 0.25) is 0 Å². The molecule has 0 spiro atoms. The van der Waals surface area contributed by atoms with Gasteiger partial charge in [0.1, 0.15) is 0 Å². The molecule has 1 N–H and O–H groups in total. The zero-order valence-electron chi connectivity index (χ0n) is 18.7. The number of likely N-dealkylation sites (tertiary alicyclic amines) is 1. The number of aromatic nitrogens is 2. The molecule has 0 radical (unpaired) electrons. The van der Waals surface area contributed by atoms with Crippen LogP contribution in [0.25, 0.3) is 11.1 Å². The molecule has 0 unspecified atom stereocenters. The molecule has 4 rings (SSSR count). The topological polar surface area (TPSA) is 61.4 Å². The van der Waals surface area contributed by atoms with Crippen LogP contribution in [0.5, 0.6) is 0 Å². The summed E-state index contributed by atoms with van der Waals surface area (Å²) in [5, 5.41) is 3.16. The number of nitrogens with one attached hydrogen (secondary N) is 1. The van der Waals surface area contributed by atoms with Crippen molar-refractivity contribution in [3.63, 3.8) is 0 Å². The van der Waals surface area contributed by atoms with Gasteiger partial charge in [-0.15, -0.1) is 0 Å². The van der Waals surface area contributed by atoms with Crippen molar-refractivity contribution in [2.24, 2.45) is 5.92 Å². The molecule has 3 heterocycles. The molecule has 0 atom stereocenters. The molecule has 1 amide bonds. The molecule has 6 heteroatoms. The fourth-order valence-electron chi connectivity index (χ4n) is 4.64. The minimum absolute atomic E-state index is 0.109. The van der Waals surface area contributed by atoms with Crippen molar-refractivity contribution in [2.45, 2.75) is 45.4 Å². The van der Waals surface area contributed by atoms with Crippen LogP contribution in [-0.2, 0) is 4.79 Å². The molecule has 166 valence electrons. The lowest BCUT2D eigenvalue weighted by atomic mass is 9.96. The van der Waals surface area contributed by atoms with Crippen molar-refractivity contribution in [1.29, 1.82) is 0 Å². The maximum Gasteiger partial charge on any atom is 0.225 e. The average Bonchev–Trinajstić information content (AvgIpc) is 2.83. The molecule has 1 aromatic heterocycles. The van der Waals surface area contributed by atoms with Gasteiger partial charge in [-0.25, -0.2) is 9.97 Å². The molecule has 2 fully saturated rings. The Morgan fingerprint density at radius 1 is 1.03 bits per heavy atom. The monoisotopic (exact) mass is 421 g/mol. The Balaban J connectivity index is 1.19. The lowest BCUT2D eigenvalue weighted by molar-refractivity contribution is -0.125. The van der Waals surface area contributed by atoms with Gasteiger partial charge in [-0.1, -0.05) is 36.2 Å². The SMILES string of the molecule is Cc1cccc(-c2cnc(N3CCC(C(=O)NCCCN4CCCCC4)CC3)nc2)c1. The van der Waals surface area contributed by atoms with Gasteiger partial charge in [0.15, 0.2) is 0 Å². The lowest BCUT2D eigenvalue weighted by Crippen LogP contribution is -2.41. The molecule has 0 aliphatic carbocycles. The largest absolute Gasteiger partial charge is 0.356 e. The highest BCUT2D eigenvalue weighted by molar-refractivity contribution is 5.78. The van der Waals surface area contributed by atoms with Gasteiger partial charge in [0.2, 0.25) is 11.9 Å². The number of aryl methyl sites for hydroxylation is 1. The van der Waals surface area contributed by atoms with Gasteiger partial charge in [-0.3, -0.25) is 4.79 Å². The van der Waals surface area contributed by atoms with Crippen LogP contribution in [0, 0.1) is 12.8 Å². The Morgan fingerprint density at radius 3 is 2.48 bits per heavy atom. The fourth-order valence-corrected chi connectivity index (χ4v) is 4.64. The Labute approximate surface area is 186 Å². The molecule has 2 saturated heterocycles. The summed E-state index contributed by atoms with van der Waals surface area (Å²) in [7, 11) is 0. The van der Waals surface area contributed by atoms with E-state index in [0.717, 1.165) is 62.5 Å². The number of amides is 1. The second kappa shape index (κ2) is 10.7. The molecular formula is C25H35N5O. The highest BCUT2D eigenvalue weighted by Gasteiger charge is 2.26. The first-order valence-corrected chi connectivity index (χ1v) is 11.8. The Morgan fingerprint density at radius 2 is 1.77 bits per heavy atom. The second-order valence-corrected chi connectivity index (χ2v) is 8.95. The van der Waals surface area contributed by atoms with Crippen molar-refractivity contribution in [3.05, 3.63) is 42.2 Å². The highest BCUT2D eigenvalue weighted by Crippen LogP contribution is 2.23. The van der Waals surface area contributed by atoms with E-state index < -0.39 is 0 Å². The van der Waals surface area contributed by atoms with E-state index in [1.807, 2.05) is 12.4 Å². The summed E-state index contributed by atoms with van der Waals surface area (Å²) in [5.74, 6) is 1.09. The van der Waals surface area contributed by atoms with Gasteiger partial charge in [0.05, 0.1) is 0 Å². The van der Waals surface area contributed by atoms with E-state index in [1.54, 1.807) is 0 Å². The van der Waals surface area contributed by atoms with E-state index in [1.165, 1.54) is 37.9 Å². The van der Waals surface area contributed by atoms with Crippen molar-refractivity contribution in [2.75, 3.05) is 44.2 Å². The number of carbonyl (C=O) groups is 1. The fraction of sp³-hybridized carbons (Fsp3) is 0.560. The molecule has 0 saturated carbocycles. The van der Waals surface area contributed by atoms with Crippen molar-refractivity contribution in [1.82, 2.24) is 20.2 Å². The van der Waals surface area contributed by atoms with Crippen LogP contribution in [0.15, 0.2) is 36.7 Å². The van der Waals surface area contributed by atoms with E-state index in [-0.39, 0.29) is 11.8 Å². The normalized spacial score (nSPS) is 18.2. The first-order chi connectivity index (χ1) is 15.2. The van der Waals surface area contributed by atoms with Crippen molar-refractivity contribution in [3.8, 4) is 11.1 Å². The highest BCUT2D eigenvalue weighted by atomic mass is 16.1. The number of benzene rings is 1. The first-order valence-electron chi connectivity index (χ1n) is 11.8. The maximum atomic E-state index is 12.5. The number of hydrogen-bond donors (Lipinski definition) is 1. The summed E-state index contributed by atoms with van der Waals surface area (Å²) in [6.07, 6.45) is 10.6. The van der Waals surface area contributed by atoms with Crippen LogP contribution >= 0.6 is 0 Å². The summed E-state index contributed by atoms with van der Waals surface area (Å²) < 4.78 is 0. The quantitative estimate of drug-likeness (QED) is 0.692. The van der Waals surface area contributed by atoms with Gasteiger partial charge in [0.25, 0.3) is 0 Å². The minimum Gasteiger partial charge on any atom is -0.356 e. The maximum absolute atomic E-state index is 12.5. The van der Waals surface area contributed by atoms with E-state index in [2.05, 4.69) is 56.3 Å². The third-order valence-corrected chi connectivity index (χ3v) is 6.54. The lowest BCUT2D eigenvalue weighted by Gasteiger charge is -2.31. The van der Waals surface area contributed by atoms with E-state index in [0.29, 0.717) is 0 Å². The van der Waals surface area contributed by atoms with Crippen LogP contribution in [0.3, 0.4) is 0 Å². The van der Waals surface area contributed by atoms with Crippen molar-refractivity contribution < 1.29 is 4.79 Å². The van der Waals surface area contributed by atoms with E-state index in [4.69, 9.17) is 0 Å². The number of nitrogens with zero attached hydrogens (tertiary/aromatic N) is 4. The van der Waals surface area contributed by atoms with E-state index >= 15 is 0 Å². The first kappa shape index (κ1) is 21.8. The van der Waals surface area contributed by atoms with Crippen LogP contribution in [-0.4, -0.2) is 60.0 Å². The third-order valence-electron chi connectivity index (χ3n) is 6.54. The van der Waals surface area contributed by atoms with Crippen LogP contribution in [0.1, 0.15) is 44.1 Å². The Bertz CT molecular complexity index is 839. The minimum atomic E-state index is 0.109. The number of anilines is 1. The molecule has 1 aromatic carbocycles. The van der Waals surface area contributed by atoms with Crippen molar-refractivity contribution >= 4 is 11.9 Å². The van der Waals surface area contributed by atoms with Crippen LogP contribution < -0.4 is 10.2 Å². The van der Waals surface area contributed by atoms with Gasteiger partial charge < -0.3 is 15.1 Å². The van der Waals surface area contributed by atoms with Crippen LogP contribution in [0.4, 0.5) is 5.95 Å². The van der Waals surface area contributed by atoms with E-state index in [9.17, 15) is 4.79 Å². The summed E-state index contributed by atoms with van der Waals surface area (Å²) in [6, 6.07) is 8.38. The second-order valence-electron chi connectivity index (χ2n) is 8.95. The van der Waals surface area contributed by atoms with Gasteiger partial charge in [-0.2, -0.15) is 0 Å². The summed E-state index contributed by atoms with van der Waals surface area (Å²) >= 11 is 0. The Hall–Kier alpha value is -2.47. The third kappa shape index (κ3) is 6.03. The zero-order valence-corrected chi connectivity index (χ0v) is 18.7.